The highest BCUT2D eigenvalue weighted by Crippen LogP contribution is 2.07. The van der Waals surface area contributed by atoms with Crippen molar-refractivity contribution in [2.75, 3.05) is 27.2 Å². The number of carbonyl (C=O) groups excluding carboxylic acids is 2. The summed E-state index contributed by atoms with van der Waals surface area (Å²) in [6.07, 6.45) is 2.09. The van der Waals surface area contributed by atoms with Crippen molar-refractivity contribution in [2.45, 2.75) is 46.1 Å². The molecule has 0 saturated carbocycles. The van der Waals surface area contributed by atoms with Gasteiger partial charge in [0, 0.05) is 34.1 Å². The average molecular weight is 258 g/mol. The molecule has 0 N–H and O–H groups in total. The first kappa shape index (κ1) is 16.7. The fraction of sp³-hybridized carbons (Fsp3) is 0.846. The lowest BCUT2D eigenvalue weighted by Gasteiger charge is -2.22. The number of likely N-dealkylation sites (tertiary alicyclic amines) is 1. The molecular formula is C13H26N2O3. The Balaban J connectivity index is 0.000000327. The van der Waals surface area contributed by atoms with Crippen LogP contribution in [0.5, 0.6) is 0 Å². The zero-order chi connectivity index (χ0) is 14.3. The van der Waals surface area contributed by atoms with Crippen LogP contribution in [0.15, 0.2) is 0 Å². The van der Waals surface area contributed by atoms with Crippen molar-refractivity contribution < 1.29 is 14.3 Å². The molecule has 0 radical (unpaired) electrons. The van der Waals surface area contributed by atoms with Crippen molar-refractivity contribution in [1.82, 2.24) is 9.80 Å². The Morgan fingerprint density at radius 1 is 1.11 bits per heavy atom. The van der Waals surface area contributed by atoms with Gasteiger partial charge in [-0.25, -0.2) is 4.79 Å². The molecule has 0 atom stereocenters. The number of hydrogen-bond donors (Lipinski definition) is 0. The van der Waals surface area contributed by atoms with Gasteiger partial charge in [0.15, 0.2) is 0 Å². The third-order valence-corrected chi connectivity index (χ3v) is 2.31. The van der Waals surface area contributed by atoms with Gasteiger partial charge in [-0.05, 0) is 33.6 Å². The predicted octanol–water partition coefficient (Wildman–Crippen LogP) is 2.11. The Kier molecular flexibility index (Phi) is 6.73. The second-order valence-electron chi connectivity index (χ2n) is 5.59. The molecule has 0 bridgehead atoms. The summed E-state index contributed by atoms with van der Waals surface area (Å²) < 4.78 is 4.99. The first-order valence-corrected chi connectivity index (χ1v) is 6.29. The summed E-state index contributed by atoms with van der Waals surface area (Å²) in [7, 11) is 3.32. The summed E-state index contributed by atoms with van der Waals surface area (Å²) in [6, 6.07) is 0. The lowest BCUT2D eigenvalue weighted by molar-refractivity contribution is -0.127. The number of amides is 2. The minimum absolute atomic E-state index is 0.225. The Morgan fingerprint density at radius 2 is 1.56 bits per heavy atom. The van der Waals surface area contributed by atoms with Crippen molar-refractivity contribution >= 4 is 12.0 Å². The van der Waals surface area contributed by atoms with Crippen LogP contribution in [0.3, 0.4) is 0 Å². The van der Waals surface area contributed by atoms with Gasteiger partial charge in [-0.3, -0.25) is 4.79 Å². The van der Waals surface area contributed by atoms with Gasteiger partial charge in [0.2, 0.25) is 5.91 Å². The molecule has 0 aromatic heterocycles. The largest absolute Gasteiger partial charge is 0.444 e. The third kappa shape index (κ3) is 7.92. The van der Waals surface area contributed by atoms with Crippen LogP contribution in [-0.4, -0.2) is 54.6 Å². The fourth-order valence-electron chi connectivity index (χ4n) is 1.39. The maximum absolute atomic E-state index is 10.9. The van der Waals surface area contributed by atoms with E-state index >= 15 is 0 Å². The van der Waals surface area contributed by atoms with E-state index in [1.54, 1.807) is 21.0 Å². The Bertz CT molecular complexity index is 276. The molecule has 5 nitrogen and oxygen atoms in total. The molecule has 18 heavy (non-hydrogen) atoms. The zero-order valence-electron chi connectivity index (χ0n) is 12.4. The van der Waals surface area contributed by atoms with E-state index in [1.807, 2.05) is 25.7 Å². The van der Waals surface area contributed by atoms with Crippen molar-refractivity contribution in [3.63, 3.8) is 0 Å². The molecule has 1 fully saturated rings. The van der Waals surface area contributed by atoms with Gasteiger partial charge in [-0.1, -0.05) is 0 Å². The van der Waals surface area contributed by atoms with Crippen LogP contribution >= 0.6 is 0 Å². The lowest BCUT2D eigenvalue weighted by atomic mass is 10.2. The molecule has 1 saturated heterocycles. The SMILES string of the molecule is CC(=O)N1CCCC1.CN(C)C(=O)OC(C)(C)C. The first-order valence-electron chi connectivity index (χ1n) is 6.29. The van der Waals surface area contributed by atoms with Gasteiger partial charge in [-0.15, -0.1) is 0 Å². The van der Waals surface area contributed by atoms with E-state index in [2.05, 4.69) is 0 Å². The van der Waals surface area contributed by atoms with Gasteiger partial charge in [0.25, 0.3) is 0 Å². The lowest BCUT2D eigenvalue weighted by Crippen LogP contribution is -2.31. The Morgan fingerprint density at radius 3 is 1.72 bits per heavy atom. The van der Waals surface area contributed by atoms with Crippen LogP contribution in [0.4, 0.5) is 4.79 Å². The van der Waals surface area contributed by atoms with Crippen molar-refractivity contribution in [1.29, 1.82) is 0 Å². The van der Waals surface area contributed by atoms with Gasteiger partial charge in [0.05, 0.1) is 0 Å². The van der Waals surface area contributed by atoms with E-state index in [9.17, 15) is 9.59 Å². The first-order chi connectivity index (χ1) is 8.13. The number of ether oxygens (including phenoxy) is 1. The molecule has 0 aromatic carbocycles. The van der Waals surface area contributed by atoms with Crippen LogP contribution in [-0.2, 0) is 9.53 Å². The van der Waals surface area contributed by atoms with Gasteiger partial charge in [-0.2, -0.15) is 0 Å². The molecule has 1 rings (SSSR count). The molecule has 5 heteroatoms. The van der Waals surface area contributed by atoms with Crippen molar-refractivity contribution in [3.05, 3.63) is 0 Å². The number of hydrogen-bond acceptors (Lipinski definition) is 3. The van der Waals surface area contributed by atoms with Crippen molar-refractivity contribution in [3.8, 4) is 0 Å². The van der Waals surface area contributed by atoms with E-state index in [4.69, 9.17) is 4.74 Å². The normalized spacial score (nSPS) is 14.7. The standard InChI is InChI=1S/C7H15NO2.C6H11NO/c1-7(2,3)10-6(9)8(4)5;1-6(8)7-4-2-3-5-7/h1-5H3;2-5H2,1H3. The summed E-state index contributed by atoms with van der Waals surface area (Å²) in [6.45, 7) is 9.12. The smallest absolute Gasteiger partial charge is 0.409 e. The van der Waals surface area contributed by atoms with Crippen LogP contribution in [0.2, 0.25) is 0 Å². The summed E-state index contributed by atoms with van der Waals surface area (Å²) in [4.78, 5) is 24.7. The molecular weight excluding hydrogens is 232 g/mol. The molecule has 0 aromatic rings. The van der Waals surface area contributed by atoms with Gasteiger partial charge >= 0.3 is 6.09 Å². The molecule has 2 amide bonds. The van der Waals surface area contributed by atoms with E-state index in [0.29, 0.717) is 0 Å². The summed E-state index contributed by atoms with van der Waals surface area (Å²) >= 11 is 0. The van der Waals surface area contributed by atoms with Crippen LogP contribution in [0.1, 0.15) is 40.5 Å². The predicted molar refractivity (Wildman–Crippen MR) is 71.4 cm³/mol. The average Bonchev–Trinajstić information content (AvgIpc) is 2.68. The third-order valence-electron chi connectivity index (χ3n) is 2.31. The molecule has 106 valence electrons. The van der Waals surface area contributed by atoms with Crippen LogP contribution in [0.25, 0.3) is 0 Å². The van der Waals surface area contributed by atoms with E-state index in [0.717, 1.165) is 13.1 Å². The second-order valence-corrected chi connectivity index (χ2v) is 5.59. The quantitative estimate of drug-likeness (QED) is 0.668. The topological polar surface area (TPSA) is 49.9 Å². The summed E-state index contributed by atoms with van der Waals surface area (Å²) in [5.41, 5.74) is -0.388. The number of nitrogens with zero attached hydrogens (tertiary/aromatic N) is 2. The zero-order valence-corrected chi connectivity index (χ0v) is 12.4. The molecule has 1 heterocycles. The minimum Gasteiger partial charge on any atom is -0.444 e. The molecule has 1 aliphatic rings. The Labute approximate surface area is 110 Å². The van der Waals surface area contributed by atoms with Crippen LogP contribution in [0, 0.1) is 0 Å². The maximum Gasteiger partial charge on any atom is 0.409 e. The highest BCUT2D eigenvalue weighted by atomic mass is 16.6. The van der Waals surface area contributed by atoms with Crippen molar-refractivity contribution in [2.24, 2.45) is 0 Å². The van der Waals surface area contributed by atoms with Gasteiger partial charge in [0.1, 0.15) is 5.60 Å². The van der Waals surface area contributed by atoms with E-state index in [1.165, 1.54) is 17.7 Å². The molecule has 0 aliphatic carbocycles. The number of rotatable bonds is 0. The molecule has 0 spiro atoms. The summed E-state index contributed by atoms with van der Waals surface area (Å²) in [5.74, 6) is 0.225. The molecule has 0 unspecified atom stereocenters. The number of carbonyl (C=O) groups is 2. The second kappa shape index (κ2) is 7.24. The molecule has 1 aliphatic heterocycles. The fourth-order valence-corrected chi connectivity index (χ4v) is 1.39. The highest BCUT2D eigenvalue weighted by Gasteiger charge is 2.16. The van der Waals surface area contributed by atoms with E-state index < -0.39 is 0 Å². The minimum atomic E-state index is -0.388. The highest BCUT2D eigenvalue weighted by molar-refractivity contribution is 5.73. The monoisotopic (exact) mass is 258 g/mol. The van der Waals surface area contributed by atoms with Gasteiger partial charge < -0.3 is 14.5 Å². The Hall–Kier alpha value is -1.26. The van der Waals surface area contributed by atoms with E-state index in [-0.39, 0.29) is 17.6 Å². The van der Waals surface area contributed by atoms with Crippen LogP contribution < -0.4 is 0 Å². The summed E-state index contributed by atoms with van der Waals surface area (Å²) in [5, 5.41) is 0. The maximum atomic E-state index is 10.9.